The van der Waals surface area contributed by atoms with Crippen LogP contribution in [0.25, 0.3) is 16.5 Å². The van der Waals surface area contributed by atoms with Crippen LogP contribution in [-0.4, -0.2) is 4.57 Å². The van der Waals surface area contributed by atoms with Gasteiger partial charge < -0.3 is 4.57 Å². The van der Waals surface area contributed by atoms with E-state index >= 15 is 0 Å². The SMILES string of the molecule is CCCCn1cc(/C(CC)=C(\C#N)CC)c2ccccc21. The Morgan fingerprint density at radius 2 is 1.90 bits per heavy atom. The first kappa shape index (κ1) is 15.4. The Bertz CT molecular complexity index is 683. The van der Waals surface area contributed by atoms with E-state index in [1.807, 2.05) is 0 Å². The van der Waals surface area contributed by atoms with Crippen LogP contribution in [0.15, 0.2) is 36.0 Å². The van der Waals surface area contributed by atoms with Crippen molar-refractivity contribution in [3.8, 4) is 6.07 Å². The molecule has 1 aromatic carbocycles. The average molecular weight is 280 g/mol. The molecule has 1 heterocycles. The second-order valence-corrected chi connectivity index (χ2v) is 5.38. The molecular weight excluding hydrogens is 256 g/mol. The van der Waals surface area contributed by atoms with Gasteiger partial charge in [0.1, 0.15) is 0 Å². The van der Waals surface area contributed by atoms with Gasteiger partial charge in [0.25, 0.3) is 0 Å². The number of para-hydroxylation sites is 1. The van der Waals surface area contributed by atoms with E-state index in [0.29, 0.717) is 0 Å². The lowest BCUT2D eigenvalue weighted by atomic mass is 9.96. The van der Waals surface area contributed by atoms with Crippen LogP contribution in [0, 0.1) is 11.3 Å². The molecule has 110 valence electrons. The second-order valence-electron chi connectivity index (χ2n) is 5.38. The molecule has 2 aromatic rings. The fourth-order valence-electron chi connectivity index (χ4n) is 2.93. The maximum Gasteiger partial charge on any atom is 0.0950 e. The van der Waals surface area contributed by atoms with Gasteiger partial charge in [-0.1, -0.05) is 45.4 Å². The summed E-state index contributed by atoms with van der Waals surface area (Å²) in [5.41, 5.74) is 4.63. The van der Waals surface area contributed by atoms with Crippen molar-refractivity contribution < 1.29 is 0 Å². The van der Waals surface area contributed by atoms with Crippen molar-refractivity contribution in [1.29, 1.82) is 5.26 Å². The number of nitriles is 1. The maximum atomic E-state index is 9.39. The van der Waals surface area contributed by atoms with Crippen LogP contribution in [0.2, 0.25) is 0 Å². The normalized spacial score (nSPS) is 12.3. The van der Waals surface area contributed by atoms with Crippen LogP contribution >= 0.6 is 0 Å². The van der Waals surface area contributed by atoms with Crippen LogP contribution in [0.1, 0.15) is 52.0 Å². The Morgan fingerprint density at radius 3 is 2.52 bits per heavy atom. The van der Waals surface area contributed by atoms with E-state index < -0.39 is 0 Å². The summed E-state index contributed by atoms with van der Waals surface area (Å²) in [6, 6.07) is 10.9. The number of hydrogen-bond donors (Lipinski definition) is 0. The van der Waals surface area contributed by atoms with Crippen molar-refractivity contribution in [3.05, 3.63) is 41.6 Å². The maximum absolute atomic E-state index is 9.39. The van der Waals surface area contributed by atoms with Crippen molar-refractivity contribution in [2.24, 2.45) is 0 Å². The molecular formula is C19H24N2. The average Bonchev–Trinajstić information content (AvgIpc) is 2.89. The van der Waals surface area contributed by atoms with Gasteiger partial charge in [-0.25, -0.2) is 0 Å². The van der Waals surface area contributed by atoms with E-state index in [0.717, 1.165) is 25.0 Å². The largest absolute Gasteiger partial charge is 0.347 e. The molecule has 0 saturated carbocycles. The van der Waals surface area contributed by atoms with E-state index in [1.165, 1.54) is 34.9 Å². The third-order valence-electron chi connectivity index (χ3n) is 4.07. The standard InChI is InChI=1S/C19H24N2/c1-4-7-12-21-14-18(16(6-3)15(5-2)13-20)17-10-8-9-11-19(17)21/h8-11,14H,4-7,12H2,1-3H3/b16-15-. The van der Waals surface area contributed by atoms with E-state index in [9.17, 15) is 5.26 Å². The molecule has 0 bridgehead atoms. The zero-order valence-corrected chi connectivity index (χ0v) is 13.3. The van der Waals surface area contributed by atoms with Gasteiger partial charge in [-0.3, -0.25) is 0 Å². The quantitative estimate of drug-likeness (QED) is 0.639. The van der Waals surface area contributed by atoms with Gasteiger partial charge in [-0.2, -0.15) is 5.26 Å². The molecule has 0 atom stereocenters. The first-order chi connectivity index (χ1) is 10.3. The summed E-state index contributed by atoms with van der Waals surface area (Å²) >= 11 is 0. The van der Waals surface area contributed by atoms with Crippen LogP contribution in [0.3, 0.4) is 0 Å². The molecule has 2 heteroatoms. The fraction of sp³-hybridized carbons (Fsp3) is 0.421. The summed E-state index contributed by atoms with van der Waals surface area (Å²) in [5, 5.41) is 10.7. The van der Waals surface area contributed by atoms with Gasteiger partial charge >= 0.3 is 0 Å². The Kier molecular flexibility index (Phi) is 5.22. The number of rotatable bonds is 6. The predicted octanol–water partition coefficient (Wildman–Crippen LogP) is 5.54. The molecule has 0 N–H and O–H groups in total. The molecule has 0 radical (unpaired) electrons. The summed E-state index contributed by atoms with van der Waals surface area (Å²) < 4.78 is 2.34. The van der Waals surface area contributed by atoms with Crippen molar-refractivity contribution >= 4 is 16.5 Å². The predicted molar refractivity (Wildman–Crippen MR) is 90.0 cm³/mol. The van der Waals surface area contributed by atoms with Crippen molar-refractivity contribution in [2.45, 2.75) is 53.0 Å². The van der Waals surface area contributed by atoms with Gasteiger partial charge in [0.05, 0.1) is 6.07 Å². The Balaban J connectivity index is 2.64. The third kappa shape index (κ3) is 3.03. The molecule has 0 spiro atoms. The Hall–Kier alpha value is -2.01. The van der Waals surface area contributed by atoms with Crippen LogP contribution < -0.4 is 0 Å². The highest BCUT2D eigenvalue weighted by Crippen LogP contribution is 2.32. The molecule has 0 aliphatic heterocycles. The first-order valence-corrected chi connectivity index (χ1v) is 7.97. The zero-order valence-electron chi connectivity index (χ0n) is 13.3. The van der Waals surface area contributed by atoms with E-state index in [2.05, 4.69) is 61.9 Å². The topological polar surface area (TPSA) is 28.7 Å². The van der Waals surface area contributed by atoms with Gasteiger partial charge in [-0.15, -0.1) is 0 Å². The molecule has 2 rings (SSSR count). The lowest BCUT2D eigenvalue weighted by molar-refractivity contribution is 0.649. The minimum Gasteiger partial charge on any atom is -0.347 e. The summed E-state index contributed by atoms with van der Waals surface area (Å²) in [4.78, 5) is 0. The summed E-state index contributed by atoms with van der Waals surface area (Å²) in [5.74, 6) is 0. The van der Waals surface area contributed by atoms with Gasteiger partial charge in [0, 0.05) is 34.8 Å². The highest BCUT2D eigenvalue weighted by molar-refractivity contribution is 5.94. The highest BCUT2D eigenvalue weighted by atomic mass is 15.0. The minimum absolute atomic E-state index is 0.800. The van der Waals surface area contributed by atoms with Crippen LogP contribution in [0.5, 0.6) is 0 Å². The van der Waals surface area contributed by atoms with Gasteiger partial charge in [0.2, 0.25) is 0 Å². The molecule has 0 amide bonds. The number of nitrogens with zero attached hydrogens (tertiary/aromatic N) is 2. The molecule has 0 unspecified atom stereocenters. The Labute approximate surface area is 127 Å². The zero-order chi connectivity index (χ0) is 15.2. The molecule has 0 aliphatic carbocycles. The molecule has 0 aliphatic rings. The Morgan fingerprint density at radius 1 is 1.14 bits per heavy atom. The number of aryl methyl sites for hydroxylation is 1. The summed E-state index contributed by atoms with van der Waals surface area (Å²) in [7, 11) is 0. The van der Waals surface area contributed by atoms with E-state index in [-0.39, 0.29) is 0 Å². The van der Waals surface area contributed by atoms with Gasteiger partial charge in [0.15, 0.2) is 0 Å². The highest BCUT2D eigenvalue weighted by Gasteiger charge is 2.13. The van der Waals surface area contributed by atoms with Gasteiger partial charge in [-0.05, 0) is 30.9 Å². The second kappa shape index (κ2) is 7.13. The van der Waals surface area contributed by atoms with E-state index in [4.69, 9.17) is 0 Å². The number of aromatic nitrogens is 1. The minimum atomic E-state index is 0.800. The van der Waals surface area contributed by atoms with Crippen LogP contribution in [-0.2, 0) is 6.54 Å². The third-order valence-corrected chi connectivity index (χ3v) is 4.07. The lowest BCUT2D eigenvalue weighted by Gasteiger charge is -2.06. The lowest BCUT2D eigenvalue weighted by Crippen LogP contribution is -1.95. The summed E-state index contributed by atoms with van der Waals surface area (Å²) in [6.45, 7) is 7.46. The molecule has 2 nitrogen and oxygen atoms in total. The number of fused-ring (bicyclic) bond motifs is 1. The number of benzene rings is 1. The molecule has 1 aromatic heterocycles. The van der Waals surface area contributed by atoms with Crippen molar-refractivity contribution in [2.75, 3.05) is 0 Å². The van der Waals surface area contributed by atoms with Crippen molar-refractivity contribution in [1.82, 2.24) is 4.57 Å². The first-order valence-electron chi connectivity index (χ1n) is 7.97. The molecule has 0 saturated heterocycles. The number of hydrogen-bond acceptors (Lipinski definition) is 1. The monoisotopic (exact) mass is 280 g/mol. The smallest absolute Gasteiger partial charge is 0.0950 e. The molecule has 21 heavy (non-hydrogen) atoms. The van der Waals surface area contributed by atoms with Crippen molar-refractivity contribution in [3.63, 3.8) is 0 Å². The number of unbranched alkanes of at least 4 members (excludes halogenated alkanes) is 1. The van der Waals surface area contributed by atoms with Crippen LogP contribution in [0.4, 0.5) is 0 Å². The molecule has 0 fully saturated rings. The summed E-state index contributed by atoms with van der Waals surface area (Å²) in [6.07, 6.45) is 6.32. The fourth-order valence-corrected chi connectivity index (χ4v) is 2.93. The number of allylic oxidation sites excluding steroid dienone is 2. The van der Waals surface area contributed by atoms with E-state index in [1.54, 1.807) is 0 Å².